The lowest BCUT2D eigenvalue weighted by atomic mass is 10.2. The Balaban J connectivity index is 1.99. The molecule has 0 aromatic heterocycles. The maximum Gasteiger partial charge on any atom is 0.318 e. The molecule has 7 heteroatoms. The summed E-state index contributed by atoms with van der Waals surface area (Å²) in [6.45, 7) is 1.13. The molecule has 2 saturated heterocycles. The summed E-state index contributed by atoms with van der Waals surface area (Å²) >= 11 is 0. The van der Waals surface area contributed by atoms with Crippen molar-refractivity contribution in [3.05, 3.63) is 0 Å². The van der Waals surface area contributed by atoms with Gasteiger partial charge in [-0.2, -0.15) is 0 Å². The number of amides is 2. The smallest absolute Gasteiger partial charge is 0.318 e. The highest BCUT2D eigenvalue weighted by molar-refractivity contribution is 7.91. The van der Waals surface area contributed by atoms with Crippen LogP contribution < -0.4 is 5.32 Å². The number of fused-ring (bicyclic) bond motifs is 1. The van der Waals surface area contributed by atoms with E-state index in [2.05, 4.69) is 5.32 Å². The first-order valence-corrected chi connectivity index (χ1v) is 7.12. The fraction of sp³-hybridized carbons (Fsp3) is 0.889. The van der Waals surface area contributed by atoms with Crippen molar-refractivity contribution >= 4 is 15.9 Å². The van der Waals surface area contributed by atoms with Crippen LogP contribution in [0.25, 0.3) is 0 Å². The summed E-state index contributed by atoms with van der Waals surface area (Å²) in [5, 5.41) is 2.72. The van der Waals surface area contributed by atoms with Crippen LogP contribution in [0, 0.1) is 0 Å². The molecule has 2 atom stereocenters. The lowest BCUT2D eigenvalue weighted by Gasteiger charge is -2.20. The van der Waals surface area contributed by atoms with Crippen LogP contribution in [0.15, 0.2) is 0 Å². The Bertz CT molecular complexity index is 381. The number of nitrogens with zero attached hydrogens (tertiary/aromatic N) is 1. The van der Waals surface area contributed by atoms with Crippen LogP contribution in [-0.4, -0.2) is 63.2 Å². The third-order valence-corrected chi connectivity index (χ3v) is 4.76. The van der Waals surface area contributed by atoms with Gasteiger partial charge in [-0.1, -0.05) is 0 Å². The Kier molecular flexibility index (Phi) is 3.07. The standard InChI is InChI=1S/C9H16N2O4S/c1-15-4-2-3-11-8-6-16(13,14)5-7(8)10-9(11)12/h7-8H,2-6H2,1H3,(H,10,12). The van der Waals surface area contributed by atoms with Gasteiger partial charge in [0.2, 0.25) is 0 Å². The minimum absolute atomic E-state index is 0.0736. The van der Waals surface area contributed by atoms with E-state index in [0.29, 0.717) is 13.2 Å². The summed E-state index contributed by atoms with van der Waals surface area (Å²) in [6.07, 6.45) is 0.729. The van der Waals surface area contributed by atoms with Gasteiger partial charge in [0, 0.05) is 20.3 Å². The zero-order chi connectivity index (χ0) is 11.8. The van der Waals surface area contributed by atoms with Crippen LogP contribution in [0.2, 0.25) is 0 Å². The normalized spacial score (nSPS) is 31.6. The largest absolute Gasteiger partial charge is 0.385 e. The van der Waals surface area contributed by atoms with E-state index in [1.807, 2.05) is 0 Å². The van der Waals surface area contributed by atoms with Crippen LogP contribution in [0.5, 0.6) is 0 Å². The van der Waals surface area contributed by atoms with E-state index in [1.165, 1.54) is 0 Å². The first-order valence-electron chi connectivity index (χ1n) is 5.30. The molecule has 6 nitrogen and oxygen atoms in total. The van der Waals surface area contributed by atoms with Gasteiger partial charge in [0.1, 0.15) is 0 Å². The van der Waals surface area contributed by atoms with Gasteiger partial charge in [-0.15, -0.1) is 0 Å². The summed E-state index contributed by atoms with van der Waals surface area (Å²) < 4.78 is 27.8. The van der Waals surface area contributed by atoms with Crippen molar-refractivity contribution < 1.29 is 17.9 Å². The van der Waals surface area contributed by atoms with Crippen LogP contribution in [0.3, 0.4) is 0 Å². The highest BCUT2D eigenvalue weighted by Gasteiger charge is 2.48. The number of urea groups is 1. The maximum absolute atomic E-state index is 11.6. The predicted molar refractivity (Wildman–Crippen MR) is 58.0 cm³/mol. The molecule has 16 heavy (non-hydrogen) atoms. The fourth-order valence-corrected chi connectivity index (χ4v) is 4.23. The van der Waals surface area contributed by atoms with Crippen LogP contribution >= 0.6 is 0 Å². The summed E-state index contributed by atoms with van der Waals surface area (Å²) in [4.78, 5) is 13.2. The average Bonchev–Trinajstić information content (AvgIpc) is 2.60. The Morgan fingerprint density at radius 3 is 2.94 bits per heavy atom. The van der Waals surface area contributed by atoms with Crippen molar-refractivity contribution in [1.82, 2.24) is 10.2 Å². The third-order valence-electron chi connectivity index (χ3n) is 3.04. The lowest BCUT2D eigenvalue weighted by Crippen LogP contribution is -2.37. The third kappa shape index (κ3) is 2.15. The SMILES string of the molecule is COCCCN1C(=O)NC2CS(=O)(=O)CC21. The van der Waals surface area contributed by atoms with E-state index in [0.717, 1.165) is 6.42 Å². The first kappa shape index (κ1) is 11.7. The number of sulfone groups is 1. The molecule has 0 radical (unpaired) electrons. The van der Waals surface area contributed by atoms with E-state index in [4.69, 9.17) is 4.74 Å². The van der Waals surface area contributed by atoms with Crippen molar-refractivity contribution in [1.29, 1.82) is 0 Å². The molecular weight excluding hydrogens is 232 g/mol. The number of nitrogens with one attached hydrogen (secondary N) is 1. The first-order chi connectivity index (χ1) is 7.53. The van der Waals surface area contributed by atoms with Crippen molar-refractivity contribution in [3.8, 4) is 0 Å². The molecule has 92 valence electrons. The van der Waals surface area contributed by atoms with Gasteiger partial charge in [-0.3, -0.25) is 0 Å². The monoisotopic (exact) mass is 248 g/mol. The van der Waals surface area contributed by atoms with Gasteiger partial charge in [0.15, 0.2) is 9.84 Å². The second kappa shape index (κ2) is 4.21. The molecule has 0 saturated carbocycles. The number of methoxy groups -OCH3 is 1. The molecule has 2 heterocycles. The summed E-state index contributed by atoms with van der Waals surface area (Å²) in [5.74, 6) is 0.160. The predicted octanol–water partition coefficient (Wildman–Crippen LogP) is -0.786. The lowest BCUT2D eigenvalue weighted by molar-refractivity contribution is 0.169. The second-order valence-electron chi connectivity index (χ2n) is 4.24. The zero-order valence-electron chi connectivity index (χ0n) is 9.18. The van der Waals surface area contributed by atoms with E-state index in [1.54, 1.807) is 12.0 Å². The molecule has 2 aliphatic rings. The van der Waals surface area contributed by atoms with Crippen LogP contribution in [0.4, 0.5) is 4.79 Å². The number of hydrogen-bond donors (Lipinski definition) is 1. The van der Waals surface area contributed by atoms with Gasteiger partial charge in [-0.25, -0.2) is 13.2 Å². The number of hydrogen-bond acceptors (Lipinski definition) is 4. The van der Waals surface area contributed by atoms with Crippen molar-refractivity contribution in [3.63, 3.8) is 0 Å². The second-order valence-corrected chi connectivity index (χ2v) is 6.39. The summed E-state index contributed by atoms with van der Waals surface area (Å²) in [6, 6.07) is -0.560. The van der Waals surface area contributed by atoms with E-state index < -0.39 is 9.84 Å². The zero-order valence-corrected chi connectivity index (χ0v) is 10.00. The molecule has 2 fully saturated rings. The van der Waals surface area contributed by atoms with Gasteiger partial charge < -0.3 is 15.0 Å². The van der Waals surface area contributed by atoms with Gasteiger partial charge >= 0.3 is 6.03 Å². The molecule has 2 rings (SSSR count). The number of carbonyl (C=O) groups is 1. The molecule has 2 unspecified atom stereocenters. The van der Waals surface area contributed by atoms with Crippen molar-refractivity contribution in [2.45, 2.75) is 18.5 Å². The minimum Gasteiger partial charge on any atom is -0.385 e. The molecule has 0 spiro atoms. The molecule has 2 amide bonds. The summed E-state index contributed by atoms with van der Waals surface area (Å²) in [7, 11) is -1.38. The Hall–Kier alpha value is -0.820. The maximum atomic E-state index is 11.6. The van der Waals surface area contributed by atoms with Gasteiger partial charge in [0.05, 0.1) is 23.6 Å². The molecule has 0 aromatic rings. The molecular formula is C9H16N2O4S. The van der Waals surface area contributed by atoms with Gasteiger partial charge in [0.25, 0.3) is 0 Å². The molecule has 0 bridgehead atoms. The highest BCUT2D eigenvalue weighted by Crippen LogP contribution is 2.24. The van der Waals surface area contributed by atoms with E-state index in [-0.39, 0.29) is 29.6 Å². The highest BCUT2D eigenvalue weighted by atomic mass is 32.2. The van der Waals surface area contributed by atoms with Crippen molar-refractivity contribution in [2.75, 3.05) is 31.8 Å². The number of ether oxygens (including phenoxy) is 1. The van der Waals surface area contributed by atoms with Crippen LogP contribution in [-0.2, 0) is 14.6 Å². The minimum atomic E-state index is -2.98. The van der Waals surface area contributed by atoms with E-state index >= 15 is 0 Å². The van der Waals surface area contributed by atoms with Gasteiger partial charge in [-0.05, 0) is 6.42 Å². The molecule has 2 aliphatic heterocycles. The fourth-order valence-electron chi connectivity index (χ4n) is 2.31. The van der Waals surface area contributed by atoms with Crippen LogP contribution in [0.1, 0.15) is 6.42 Å². The molecule has 0 aromatic carbocycles. The Labute approximate surface area is 94.9 Å². The number of carbonyl (C=O) groups excluding carboxylic acids is 1. The Morgan fingerprint density at radius 1 is 1.50 bits per heavy atom. The van der Waals surface area contributed by atoms with E-state index in [9.17, 15) is 13.2 Å². The molecule has 0 aliphatic carbocycles. The van der Waals surface area contributed by atoms with Crippen molar-refractivity contribution in [2.24, 2.45) is 0 Å². The summed E-state index contributed by atoms with van der Waals surface area (Å²) in [5.41, 5.74) is 0. The topological polar surface area (TPSA) is 75.7 Å². The number of rotatable bonds is 4. The average molecular weight is 248 g/mol. The molecule has 1 N–H and O–H groups in total. The Morgan fingerprint density at radius 2 is 2.25 bits per heavy atom. The quantitative estimate of drug-likeness (QED) is 0.523.